The first-order valence-electron chi connectivity index (χ1n) is 9.16. The number of nitrogens with zero attached hydrogens (tertiary/aromatic N) is 2. The van der Waals surface area contributed by atoms with Crippen molar-refractivity contribution in [3.8, 4) is 23.0 Å². The van der Waals surface area contributed by atoms with Gasteiger partial charge in [-0.25, -0.2) is 0 Å². The van der Waals surface area contributed by atoms with E-state index in [0.29, 0.717) is 22.5 Å². The van der Waals surface area contributed by atoms with Crippen molar-refractivity contribution in [1.82, 2.24) is 0 Å². The van der Waals surface area contributed by atoms with Crippen LogP contribution in [-0.4, -0.2) is 32.9 Å². The molecule has 0 aliphatic carbocycles. The highest BCUT2D eigenvalue weighted by Gasteiger charge is 2.07. The number of hydrogen-bond donors (Lipinski definition) is 4. The van der Waals surface area contributed by atoms with Gasteiger partial charge in [0.2, 0.25) is 0 Å². The van der Waals surface area contributed by atoms with Gasteiger partial charge in [-0.05, 0) is 47.2 Å². The Morgan fingerprint density at radius 1 is 0.533 bits per heavy atom. The fourth-order valence-corrected chi connectivity index (χ4v) is 3.01. The molecular weight excluding hydrogens is 380 g/mol. The van der Waals surface area contributed by atoms with Crippen LogP contribution in [0.3, 0.4) is 0 Å². The quantitative estimate of drug-likeness (QED) is 0.281. The van der Waals surface area contributed by atoms with E-state index in [0.717, 1.165) is 10.8 Å². The number of phenolic OH excluding ortho intramolecular Hbond substituents is 4. The molecule has 0 saturated heterocycles. The van der Waals surface area contributed by atoms with Gasteiger partial charge in [0.15, 0.2) is 23.0 Å². The molecule has 0 saturated carbocycles. The van der Waals surface area contributed by atoms with Crippen molar-refractivity contribution in [2.45, 2.75) is 0 Å². The lowest BCUT2D eigenvalue weighted by Gasteiger charge is -2.06. The number of rotatable bonds is 4. The molecule has 0 radical (unpaired) electrons. The van der Waals surface area contributed by atoms with E-state index in [-0.39, 0.29) is 23.0 Å². The van der Waals surface area contributed by atoms with Crippen molar-refractivity contribution < 1.29 is 20.4 Å². The SMILES string of the molecule is Oc1cccc(C=Nc2cc3ccccc3cc2N=Cc2cccc(O)c2O)c1O. The van der Waals surface area contributed by atoms with Gasteiger partial charge in [0.1, 0.15) is 0 Å². The molecule has 4 aromatic rings. The van der Waals surface area contributed by atoms with E-state index < -0.39 is 0 Å². The van der Waals surface area contributed by atoms with Crippen molar-refractivity contribution in [2.75, 3.05) is 0 Å². The summed E-state index contributed by atoms with van der Waals surface area (Å²) in [6.07, 6.45) is 2.90. The Bertz CT molecular complexity index is 1200. The lowest BCUT2D eigenvalue weighted by molar-refractivity contribution is 0.403. The highest BCUT2D eigenvalue weighted by Crippen LogP contribution is 2.35. The molecule has 0 aliphatic rings. The third-order valence-electron chi connectivity index (χ3n) is 4.62. The van der Waals surface area contributed by atoms with Crippen LogP contribution in [0.1, 0.15) is 11.1 Å². The topological polar surface area (TPSA) is 106 Å². The fourth-order valence-electron chi connectivity index (χ4n) is 3.01. The lowest BCUT2D eigenvalue weighted by Crippen LogP contribution is -1.84. The molecule has 4 rings (SSSR count). The molecule has 0 unspecified atom stereocenters. The predicted molar refractivity (Wildman–Crippen MR) is 118 cm³/mol. The van der Waals surface area contributed by atoms with Crippen molar-refractivity contribution in [2.24, 2.45) is 9.98 Å². The van der Waals surface area contributed by atoms with Crippen LogP contribution < -0.4 is 0 Å². The van der Waals surface area contributed by atoms with Crippen molar-refractivity contribution >= 4 is 34.6 Å². The number of fused-ring (bicyclic) bond motifs is 1. The maximum absolute atomic E-state index is 10.0. The predicted octanol–water partition coefficient (Wildman–Crippen LogP) is 5.16. The molecule has 0 aliphatic heterocycles. The van der Waals surface area contributed by atoms with Crippen LogP contribution in [-0.2, 0) is 0 Å². The first-order chi connectivity index (χ1) is 14.5. The van der Waals surface area contributed by atoms with Gasteiger partial charge in [-0.1, -0.05) is 36.4 Å². The summed E-state index contributed by atoms with van der Waals surface area (Å²) in [4.78, 5) is 8.92. The van der Waals surface area contributed by atoms with E-state index in [1.165, 1.54) is 24.6 Å². The Labute approximate surface area is 172 Å². The minimum atomic E-state index is -0.253. The molecule has 0 heterocycles. The first kappa shape index (κ1) is 19.0. The second-order valence-corrected chi connectivity index (χ2v) is 6.63. The molecule has 30 heavy (non-hydrogen) atoms. The Morgan fingerprint density at radius 3 is 1.40 bits per heavy atom. The number of phenols is 4. The van der Waals surface area contributed by atoms with Crippen molar-refractivity contribution in [1.29, 1.82) is 0 Å². The van der Waals surface area contributed by atoms with Gasteiger partial charge in [0.25, 0.3) is 0 Å². The highest BCUT2D eigenvalue weighted by molar-refractivity contribution is 5.95. The average Bonchev–Trinajstić information content (AvgIpc) is 2.75. The average molecular weight is 398 g/mol. The summed E-state index contributed by atoms with van der Waals surface area (Å²) in [5, 5.41) is 41.3. The molecule has 4 N–H and O–H groups in total. The Kier molecular flexibility index (Phi) is 5.05. The zero-order valence-electron chi connectivity index (χ0n) is 15.8. The van der Waals surface area contributed by atoms with E-state index in [1.807, 2.05) is 36.4 Å². The summed E-state index contributed by atoms with van der Waals surface area (Å²) < 4.78 is 0. The second-order valence-electron chi connectivity index (χ2n) is 6.63. The zero-order valence-corrected chi connectivity index (χ0v) is 15.8. The minimum absolute atomic E-state index is 0.227. The van der Waals surface area contributed by atoms with Crippen LogP contribution in [0.15, 0.2) is 82.8 Å². The number of hydrogen-bond acceptors (Lipinski definition) is 6. The van der Waals surface area contributed by atoms with Crippen molar-refractivity contribution in [3.05, 3.63) is 83.9 Å². The number of aliphatic imine (C=N–C) groups is 2. The molecule has 4 aromatic carbocycles. The monoisotopic (exact) mass is 398 g/mol. The largest absolute Gasteiger partial charge is 0.504 e. The molecule has 6 nitrogen and oxygen atoms in total. The van der Waals surface area contributed by atoms with Gasteiger partial charge in [-0.3, -0.25) is 9.98 Å². The molecule has 0 fully saturated rings. The zero-order chi connectivity index (χ0) is 21.1. The van der Waals surface area contributed by atoms with E-state index in [2.05, 4.69) is 9.98 Å². The summed E-state index contributed by atoms with van der Waals surface area (Å²) in [5.41, 5.74) is 1.80. The maximum Gasteiger partial charge on any atom is 0.166 e. The van der Waals surface area contributed by atoms with E-state index in [4.69, 9.17) is 0 Å². The first-order valence-corrected chi connectivity index (χ1v) is 9.16. The van der Waals surface area contributed by atoms with Crippen molar-refractivity contribution in [3.63, 3.8) is 0 Å². The van der Waals surface area contributed by atoms with Gasteiger partial charge >= 0.3 is 0 Å². The van der Waals surface area contributed by atoms with Crippen LogP contribution in [0.4, 0.5) is 11.4 Å². The summed E-state index contributed by atoms with van der Waals surface area (Å²) >= 11 is 0. The summed E-state index contributed by atoms with van der Waals surface area (Å²) in [6, 6.07) is 20.7. The summed E-state index contributed by atoms with van der Waals surface area (Å²) in [7, 11) is 0. The molecule has 6 heteroatoms. The van der Waals surface area contributed by atoms with Gasteiger partial charge in [0.05, 0.1) is 11.4 Å². The lowest BCUT2D eigenvalue weighted by atomic mass is 10.1. The Hall–Kier alpha value is -4.32. The molecule has 0 spiro atoms. The minimum Gasteiger partial charge on any atom is -0.504 e. The third-order valence-corrected chi connectivity index (χ3v) is 4.62. The molecule has 148 valence electrons. The second kappa shape index (κ2) is 7.97. The van der Waals surface area contributed by atoms with Crippen LogP contribution in [0.5, 0.6) is 23.0 Å². The van der Waals surface area contributed by atoms with Crippen LogP contribution >= 0.6 is 0 Å². The maximum atomic E-state index is 10.0. The van der Waals surface area contributed by atoms with Crippen LogP contribution in [0, 0.1) is 0 Å². The number of benzene rings is 4. The van der Waals surface area contributed by atoms with Gasteiger partial charge in [-0.2, -0.15) is 0 Å². The fraction of sp³-hybridized carbons (Fsp3) is 0. The van der Waals surface area contributed by atoms with Crippen LogP contribution in [0.25, 0.3) is 10.8 Å². The van der Waals surface area contributed by atoms with Crippen LogP contribution in [0.2, 0.25) is 0 Å². The normalized spacial score (nSPS) is 11.6. The van der Waals surface area contributed by atoms with Gasteiger partial charge < -0.3 is 20.4 Å². The summed E-state index contributed by atoms with van der Waals surface area (Å²) in [5.74, 6) is -0.960. The van der Waals surface area contributed by atoms with E-state index in [9.17, 15) is 20.4 Å². The third kappa shape index (κ3) is 3.79. The van der Waals surface area contributed by atoms with E-state index >= 15 is 0 Å². The molecule has 0 aromatic heterocycles. The van der Waals surface area contributed by atoms with Gasteiger partial charge in [0, 0.05) is 23.6 Å². The standard InChI is InChI=1S/C24H18N2O4/c27-21-9-3-7-17(23(21)29)13-25-19-11-15-5-1-2-6-16(15)12-20(19)26-14-18-8-4-10-22(28)24(18)30/h1-14,27-30H. The molecule has 0 atom stereocenters. The highest BCUT2D eigenvalue weighted by atomic mass is 16.3. The Balaban J connectivity index is 1.79. The van der Waals surface area contributed by atoms with E-state index in [1.54, 1.807) is 24.3 Å². The molecule has 0 bridgehead atoms. The molecule has 0 amide bonds. The van der Waals surface area contributed by atoms with Gasteiger partial charge in [-0.15, -0.1) is 0 Å². The number of aromatic hydroxyl groups is 4. The number of para-hydroxylation sites is 2. The Morgan fingerprint density at radius 2 is 0.967 bits per heavy atom. The molecular formula is C24H18N2O4. The smallest absolute Gasteiger partial charge is 0.166 e. The summed E-state index contributed by atoms with van der Waals surface area (Å²) in [6.45, 7) is 0.